The molecule has 2 amide bonds. The highest BCUT2D eigenvalue weighted by atomic mass is 16.4. The lowest BCUT2D eigenvalue weighted by atomic mass is 9.94. The molecule has 0 saturated carbocycles. The minimum absolute atomic E-state index is 0.0287. The van der Waals surface area contributed by atoms with Crippen molar-refractivity contribution in [2.45, 2.75) is 13.8 Å². The predicted octanol–water partition coefficient (Wildman–Crippen LogP) is 1.50. The second-order valence-electron chi connectivity index (χ2n) is 4.58. The first-order chi connectivity index (χ1) is 8.33. The number of anilines is 2. The molecule has 6 nitrogen and oxygen atoms in total. The number of urea groups is 1. The highest BCUT2D eigenvalue weighted by Crippen LogP contribution is 2.17. The Morgan fingerprint density at radius 2 is 1.94 bits per heavy atom. The number of carboxylic acid groups (broad SMARTS) is 1. The summed E-state index contributed by atoms with van der Waals surface area (Å²) in [7, 11) is 0. The van der Waals surface area contributed by atoms with E-state index in [9.17, 15) is 9.59 Å². The van der Waals surface area contributed by atoms with E-state index in [1.165, 1.54) is 13.8 Å². The van der Waals surface area contributed by atoms with Crippen molar-refractivity contribution in [2.24, 2.45) is 5.41 Å². The quantitative estimate of drug-likeness (QED) is 0.608. The monoisotopic (exact) mass is 251 g/mol. The Balaban J connectivity index is 2.54. The highest BCUT2D eigenvalue weighted by molar-refractivity contribution is 5.92. The fourth-order valence-electron chi connectivity index (χ4n) is 1.15. The third kappa shape index (κ3) is 3.65. The van der Waals surface area contributed by atoms with Crippen LogP contribution in [0.3, 0.4) is 0 Å². The molecule has 18 heavy (non-hydrogen) atoms. The van der Waals surface area contributed by atoms with Crippen molar-refractivity contribution in [2.75, 3.05) is 17.6 Å². The van der Waals surface area contributed by atoms with E-state index >= 15 is 0 Å². The van der Waals surface area contributed by atoms with E-state index in [0.717, 1.165) is 0 Å². The molecule has 0 aliphatic rings. The van der Waals surface area contributed by atoms with Gasteiger partial charge >= 0.3 is 12.0 Å². The van der Waals surface area contributed by atoms with Gasteiger partial charge in [-0.3, -0.25) is 4.79 Å². The summed E-state index contributed by atoms with van der Waals surface area (Å²) >= 11 is 0. The van der Waals surface area contributed by atoms with Crippen LogP contribution in [0.4, 0.5) is 16.2 Å². The number of carbonyl (C=O) groups excluding carboxylic acids is 1. The van der Waals surface area contributed by atoms with Crippen LogP contribution in [0.1, 0.15) is 13.8 Å². The molecule has 0 radical (unpaired) electrons. The number of nitrogens with two attached hydrogens (primary N) is 1. The number of nitrogen functional groups attached to an aromatic ring is 1. The zero-order chi connectivity index (χ0) is 13.8. The van der Waals surface area contributed by atoms with Gasteiger partial charge in [-0.1, -0.05) is 12.1 Å². The zero-order valence-corrected chi connectivity index (χ0v) is 10.4. The predicted molar refractivity (Wildman–Crippen MR) is 69.3 cm³/mol. The summed E-state index contributed by atoms with van der Waals surface area (Å²) in [6.07, 6.45) is 0. The fraction of sp³-hybridized carbons (Fsp3) is 0.333. The Morgan fingerprint density at radius 1 is 1.33 bits per heavy atom. The number of carboxylic acids is 1. The number of para-hydroxylation sites is 2. The fourth-order valence-corrected chi connectivity index (χ4v) is 1.15. The molecule has 0 spiro atoms. The normalized spacial score (nSPS) is 10.8. The SMILES string of the molecule is CC(C)(CNC(=O)Nc1ccccc1N)C(=O)O. The van der Waals surface area contributed by atoms with E-state index in [4.69, 9.17) is 10.8 Å². The van der Waals surface area contributed by atoms with E-state index in [1.807, 2.05) is 0 Å². The van der Waals surface area contributed by atoms with E-state index in [0.29, 0.717) is 11.4 Å². The number of amides is 2. The van der Waals surface area contributed by atoms with Crippen molar-refractivity contribution in [3.63, 3.8) is 0 Å². The number of rotatable bonds is 4. The van der Waals surface area contributed by atoms with Crippen LogP contribution in [0.25, 0.3) is 0 Å². The lowest BCUT2D eigenvalue weighted by molar-refractivity contribution is -0.146. The van der Waals surface area contributed by atoms with Crippen LogP contribution in [-0.4, -0.2) is 23.7 Å². The Bertz CT molecular complexity index is 458. The number of nitrogens with one attached hydrogen (secondary N) is 2. The van der Waals surface area contributed by atoms with Gasteiger partial charge < -0.3 is 21.5 Å². The first kappa shape index (κ1) is 13.8. The molecule has 0 heterocycles. The maximum Gasteiger partial charge on any atom is 0.319 e. The summed E-state index contributed by atoms with van der Waals surface area (Å²) in [6.45, 7) is 3.10. The van der Waals surface area contributed by atoms with Gasteiger partial charge in [-0.05, 0) is 26.0 Å². The molecule has 98 valence electrons. The molecule has 1 aromatic rings. The lowest BCUT2D eigenvalue weighted by Gasteiger charge is -2.19. The Labute approximate surface area is 105 Å². The van der Waals surface area contributed by atoms with Gasteiger partial charge in [0.05, 0.1) is 16.8 Å². The maximum atomic E-state index is 11.6. The molecule has 0 atom stereocenters. The van der Waals surface area contributed by atoms with E-state index in [2.05, 4.69) is 10.6 Å². The number of hydrogen-bond donors (Lipinski definition) is 4. The Hall–Kier alpha value is -2.24. The number of hydrogen-bond acceptors (Lipinski definition) is 3. The van der Waals surface area contributed by atoms with Crippen LogP contribution in [0, 0.1) is 5.41 Å². The summed E-state index contributed by atoms with van der Waals surface area (Å²) < 4.78 is 0. The van der Waals surface area contributed by atoms with Gasteiger partial charge in [0.25, 0.3) is 0 Å². The van der Waals surface area contributed by atoms with Gasteiger partial charge in [-0.25, -0.2) is 4.79 Å². The first-order valence-corrected chi connectivity index (χ1v) is 5.45. The topological polar surface area (TPSA) is 104 Å². The molecule has 0 unspecified atom stereocenters. The first-order valence-electron chi connectivity index (χ1n) is 5.45. The average molecular weight is 251 g/mol. The molecule has 0 saturated heterocycles. The number of benzene rings is 1. The van der Waals surface area contributed by atoms with Crippen molar-refractivity contribution < 1.29 is 14.7 Å². The molecular weight excluding hydrogens is 234 g/mol. The third-order valence-corrected chi connectivity index (χ3v) is 2.48. The molecule has 0 bridgehead atoms. The molecule has 0 aliphatic carbocycles. The minimum atomic E-state index is -1.01. The van der Waals surface area contributed by atoms with Crippen LogP contribution < -0.4 is 16.4 Å². The van der Waals surface area contributed by atoms with Gasteiger partial charge in [0, 0.05) is 6.54 Å². The van der Waals surface area contributed by atoms with Crippen LogP contribution in [0.2, 0.25) is 0 Å². The molecular formula is C12H17N3O3. The average Bonchev–Trinajstić information content (AvgIpc) is 2.29. The second kappa shape index (κ2) is 5.39. The summed E-state index contributed by atoms with van der Waals surface area (Å²) in [6, 6.07) is 6.34. The summed E-state index contributed by atoms with van der Waals surface area (Å²) in [5.74, 6) is -0.970. The molecule has 5 N–H and O–H groups in total. The van der Waals surface area contributed by atoms with E-state index in [1.54, 1.807) is 24.3 Å². The number of carbonyl (C=O) groups is 2. The molecule has 0 aromatic heterocycles. The molecule has 1 aromatic carbocycles. The van der Waals surface area contributed by atoms with Gasteiger partial charge in [0.2, 0.25) is 0 Å². The lowest BCUT2D eigenvalue weighted by Crippen LogP contribution is -2.40. The van der Waals surface area contributed by atoms with Gasteiger partial charge in [-0.2, -0.15) is 0 Å². The zero-order valence-electron chi connectivity index (χ0n) is 10.4. The summed E-state index contributed by atoms with van der Waals surface area (Å²) in [5.41, 5.74) is 5.59. The summed E-state index contributed by atoms with van der Waals surface area (Å²) in [4.78, 5) is 22.4. The van der Waals surface area contributed by atoms with Crippen LogP contribution in [0.15, 0.2) is 24.3 Å². The molecule has 1 rings (SSSR count). The third-order valence-electron chi connectivity index (χ3n) is 2.48. The summed E-state index contributed by atoms with van der Waals surface area (Å²) in [5, 5.41) is 13.9. The maximum absolute atomic E-state index is 11.6. The van der Waals surface area contributed by atoms with Crippen molar-refractivity contribution in [3.8, 4) is 0 Å². The molecule has 6 heteroatoms. The minimum Gasteiger partial charge on any atom is -0.481 e. The van der Waals surface area contributed by atoms with Crippen LogP contribution >= 0.6 is 0 Å². The molecule has 0 fully saturated rings. The van der Waals surface area contributed by atoms with Gasteiger partial charge in [0.1, 0.15) is 0 Å². The van der Waals surface area contributed by atoms with E-state index < -0.39 is 17.4 Å². The Morgan fingerprint density at radius 3 is 2.50 bits per heavy atom. The standard InChI is InChI=1S/C12H17N3O3/c1-12(2,10(16)17)7-14-11(18)15-9-6-4-3-5-8(9)13/h3-6H,7,13H2,1-2H3,(H,16,17)(H2,14,15,18). The second-order valence-corrected chi connectivity index (χ2v) is 4.58. The smallest absolute Gasteiger partial charge is 0.319 e. The van der Waals surface area contributed by atoms with E-state index in [-0.39, 0.29) is 6.54 Å². The van der Waals surface area contributed by atoms with Gasteiger partial charge in [-0.15, -0.1) is 0 Å². The number of aliphatic carboxylic acids is 1. The molecule has 0 aliphatic heterocycles. The highest BCUT2D eigenvalue weighted by Gasteiger charge is 2.27. The largest absolute Gasteiger partial charge is 0.481 e. The van der Waals surface area contributed by atoms with Crippen molar-refractivity contribution in [1.82, 2.24) is 5.32 Å². The van der Waals surface area contributed by atoms with Gasteiger partial charge in [0.15, 0.2) is 0 Å². The Kier molecular flexibility index (Phi) is 4.14. The van der Waals surface area contributed by atoms with Crippen LogP contribution in [0.5, 0.6) is 0 Å². The van der Waals surface area contributed by atoms with Crippen molar-refractivity contribution in [3.05, 3.63) is 24.3 Å². The van der Waals surface area contributed by atoms with Crippen LogP contribution in [-0.2, 0) is 4.79 Å². The van der Waals surface area contributed by atoms with Crippen molar-refractivity contribution in [1.29, 1.82) is 0 Å². The van der Waals surface area contributed by atoms with Crippen molar-refractivity contribution >= 4 is 23.4 Å².